The van der Waals surface area contributed by atoms with Gasteiger partial charge in [-0.05, 0) is 49.2 Å². The topological polar surface area (TPSA) is 103 Å². The van der Waals surface area contributed by atoms with E-state index in [1.165, 1.54) is 11.8 Å². The molecular formula is C31H33N3O6S. The lowest BCUT2D eigenvalue weighted by Gasteiger charge is -2.27. The van der Waals surface area contributed by atoms with Crippen molar-refractivity contribution in [2.45, 2.75) is 26.8 Å². The zero-order valence-corrected chi connectivity index (χ0v) is 24.2. The van der Waals surface area contributed by atoms with Gasteiger partial charge in [-0.15, -0.1) is 0 Å². The molecule has 0 spiro atoms. The quantitative estimate of drug-likeness (QED) is 0.366. The minimum atomic E-state index is -0.639. The number of methoxy groups -OCH3 is 1. The normalized spacial score (nSPS) is 17.6. The molecule has 5 rings (SSSR count). The van der Waals surface area contributed by atoms with Gasteiger partial charge in [0, 0.05) is 30.2 Å². The van der Waals surface area contributed by atoms with E-state index in [0.717, 1.165) is 28.5 Å². The number of ether oxygens (including phenoxy) is 3. The van der Waals surface area contributed by atoms with E-state index < -0.39 is 5.97 Å². The third kappa shape index (κ3) is 6.03. The summed E-state index contributed by atoms with van der Waals surface area (Å²) in [6, 6.07) is 13.2. The van der Waals surface area contributed by atoms with Crippen molar-refractivity contribution in [3.05, 3.63) is 76.0 Å². The number of aliphatic hydroxyl groups is 1. The Balaban J connectivity index is 1.55. The molecule has 0 aliphatic carbocycles. The molecule has 1 amide bonds. The highest BCUT2D eigenvalue weighted by molar-refractivity contribution is 8.18. The maximum Gasteiger partial charge on any atom is 0.344 e. The van der Waals surface area contributed by atoms with Gasteiger partial charge in [0.2, 0.25) is 5.91 Å². The van der Waals surface area contributed by atoms with Crippen LogP contribution in [0.4, 0.5) is 5.69 Å². The van der Waals surface area contributed by atoms with Crippen LogP contribution in [-0.4, -0.2) is 71.5 Å². The van der Waals surface area contributed by atoms with E-state index in [-0.39, 0.29) is 30.4 Å². The SMILES string of the molecule is CCOC(=O)C1=C(O)/C(=C/c2cn(CC(=O)N3CCOCC3)c3c(CC)cccc23)SC1=Nc1ccc(OC)cc1. The second-order valence-electron chi connectivity index (χ2n) is 9.54. The second-order valence-corrected chi connectivity index (χ2v) is 10.6. The molecule has 2 aromatic carbocycles. The summed E-state index contributed by atoms with van der Waals surface area (Å²) in [5.74, 6) is -0.100. The number of thioether (sulfide) groups is 1. The predicted molar refractivity (Wildman–Crippen MR) is 161 cm³/mol. The van der Waals surface area contributed by atoms with E-state index in [9.17, 15) is 14.7 Å². The van der Waals surface area contributed by atoms with Crippen molar-refractivity contribution in [2.75, 3.05) is 40.0 Å². The van der Waals surface area contributed by atoms with Crippen LogP contribution in [0.3, 0.4) is 0 Å². The zero-order valence-electron chi connectivity index (χ0n) is 23.4. The van der Waals surface area contributed by atoms with E-state index in [1.807, 2.05) is 33.9 Å². The van der Waals surface area contributed by atoms with E-state index in [0.29, 0.717) is 47.7 Å². The van der Waals surface area contributed by atoms with E-state index >= 15 is 0 Å². The van der Waals surface area contributed by atoms with E-state index in [1.54, 1.807) is 38.3 Å². The zero-order chi connectivity index (χ0) is 28.9. The van der Waals surface area contributed by atoms with Crippen molar-refractivity contribution in [2.24, 2.45) is 4.99 Å². The number of aromatic nitrogens is 1. The molecule has 1 aromatic heterocycles. The van der Waals surface area contributed by atoms with Crippen molar-refractivity contribution >= 4 is 51.3 Å². The average Bonchev–Trinajstić information content (AvgIpc) is 3.50. The Hall–Kier alpha value is -4.02. The molecule has 2 aliphatic rings. The van der Waals surface area contributed by atoms with Crippen molar-refractivity contribution in [3.8, 4) is 5.75 Å². The van der Waals surface area contributed by atoms with Gasteiger partial charge in [-0.25, -0.2) is 9.79 Å². The van der Waals surface area contributed by atoms with Crippen molar-refractivity contribution in [1.82, 2.24) is 9.47 Å². The van der Waals surface area contributed by atoms with Gasteiger partial charge in [0.25, 0.3) is 0 Å². The number of amides is 1. The number of carbonyl (C=O) groups is 2. The van der Waals surface area contributed by atoms with E-state index in [4.69, 9.17) is 14.2 Å². The fraction of sp³-hybridized carbons (Fsp3) is 0.323. The number of benzene rings is 2. The molecule has 1 N–H and O–H groups in total. The number of rotatable bonds is 8. The van der Waals surface area contributed by atoms with Gasteiger partial charge in [0.15, 0.2) is 0 Å². The molecule has 1 saturated heterocycles. The summed E-state index contributed by atoms with van der Waals surface area (Å²) in [7, 11) is 1.59. The highest BCUT2D eigenvalue weighted by Crippen LogP contribution is 2.41. The van der Waals surface area contributed by atoms with Gasteiger partial charge in [-0.3, -0.25) is 4.79 Å². The van der Waals surface area contributed by atoms with Crippen LogP contribution in [0.1, 0.15) is 25.0 Å². The van der Waals surface area contributed by atoms with Crippen LogP contribution in [0.5, 0.6) is 5.75 Å². The summed E-state index contributed by atoms with van der Waals surface area (Å²) >= 11 is 1.20. The number of aliphatic hydroxyl groups excluding tert-OH is 1. The summed E-state index contributed by atoms with van der Waals surface area (Å²) < 4.78 is 17.9. The number of fused-ring (bicyclic) bond motifs is 1. The fourth-order valence-electron chi connectivity index (χ4n) is 4.96. The third-order valence-corrected chi connectivity index (χ3v) is 8.04. The molecule has 0 unspecified atom stereocenters. The van der Waals surface area contributed by atoms with Crippen LogP contribution >= 0.6 is 11.8 Å². The van der Waals surface area contributed by atoms with Crippen LogP contribution < -0.4 is 4.74 Å². The van der Waals surface area contributed by atoms with Crippen molar-refractivity contribution < 1.29 is 28.9 Å². The predicted octanol–water partition coefficient (Wildman–Crippen LogP) is 5.26. The van der Waals surface area contributed by atoms with Crippen LogP contribution in [0, 0.1) is 0 Å². The Kier molecular flexibility index (Phi) is 8.80. The van der Waals surface area contributed by atoms with Crippen LogP contribution in [0.2, 0.25) is 0 Å². The molecular weight excluding hydrogens is 542 g/mol. The first-order valence-corrected chi connectivity index (χ1v) is 14.4. The molecule has 0 bridgehead atoms. The summed E-state index contributed by atoms with van der Waals surface area (Å²) in [5.41, 5.74) is 3.56. The number of aliphatic imine (C=N–C) groups is 1. The number of nitrogens with zero attached hydrogens (tertiary/aromatic N) is 3. The number of aryl methyl sites for hydroxylation is 1. The molecule has 3 heterocycles. The van der Waals surface area contributed by atoms with Gasteiger partial charge >= 0.3 is 5.97 Å². The van der Waals surface area contributed by atoms with Crippen molar-refractivity contribution in [1.29, 1.82) is 0 Å². The lowest BCUT2D eigenvalue weighted by molar-refractivity contribution is -0.138. The standard InChI is InChI=1S/C31H33N3O6S/c1-4-20-7-6-8-24-21(18-34(28(20)24)19-26(35)33-13-15-39-16-14-33)17-25-29(36)27(31(37)40-5-2)30(41-25)32-22-9-11-23(38-3)12-10-22/h6-12,17-18,36H,4-5,13-16,19H2,1-3H3/b25-17-,32-30?. The van der Waals surface area contributed by atoms with Crippen molar-refractivity contribution in [3.63, 3.8) is 0 Å². The highest BCUT2D eigenvalue weighted by Gasteiger charge is 2.33. The molecule has 2 aliphatic heterocycles. The molecule has 214 valence electrons. The number of morpholine rings is 1. The molecule has 0 radical (unpaired) electrons. The Morgan fingerprint density at radius 1 is 1.12 bits per heavy atom. The molecule has 10 heteroatoms. The molecule has 3 aromatic rings. The first-order chi connectivity index (χ1) is 19.9. The van der Waals surface area contributed by atoms with Crippen LogP contribution in [0.15, 0.2) is 69.9 Å². The minimum absolute atomic E-state index is 0.0272. The fourth-order valence-corrected chi connectivity index (χ4v) is 5.98. The third-order valence-electron chi connectivity index (χ3n) is 7.02. The Morgan fingerprint density at radius 2 is 1.88 bits per heavy atom. The monoisotopic (exact) mass is 575 g/mol. The summed E-state index contributed by atoms with van der Waals surface area (Å²) in [6.07, 6.45) is 4.58. The number of esters is 1. The van der Waals surface area contributed by atoms with Crippen LogP contribution in [-0.2, 0) is 32.0 Å². The largest absolute Gasteiger partial charge is 0.506 e. The molecule has 9 nitrogen and oxygen atoms in total. The summed E-state index contributed by atoms with van der Waals surface area (Å²) in [4.78, 5) is 33.0. The van der Waals surface area contributed by atoms with Gasteiger partial charge in [-0.2, -0.15) is 0 Å². The lowest BCUT2D eigenvalue weighted by Crippen LogP contribution is -2.42. The van der Waals surface area contributed by atoms with Crippen LogP contribution in [0.25, 0.3) is 17.0 Å². The molecule has 0 saturated carbocycles. The summed E-state index contributed by atoms with van der Waals surface area (Å²) in [6.45, 7) is 6.42. The smallest absolute Gasteiger partial charge is 0.344 e. The Labute approximate surface area is 243 Å². The number of hydrogen-bond donors (Lipinski definition) is 1. The first kappa shape index (κ1) is 28.5. The van der Waals surface area contributed by atoms with Gasteiger partial charge in [-0.1, -0.05) is 36.9 Å². The second kappa shape index (κ2) is 12.7. The maximum absolute atomic E-state index is 13.2. The van der Waals surface area contributed by atoms with E-state index in [2.05, 4.69) is 18.0 Å². The first-order valence-electron chi connectivity index (χ1n) is 13.6. The summed E-state index contributed by atoms with van der Waals surface area (Å²) in [5, 5.41) is 12.5. The number of hydrogen-bond acceptors (Lipinski definition) is 8. The van der Waals surface area contributed by atoms with Gasteiger partial charge in [0.05, 0.1) is 43.0 Å². The maximum atomic E-state index is 13.2. The number of para-hydroxylation sites is 1. The lowest BCUT2D eigenvalue weighted by atomic mass is 10.1. The minimum Gasteiger partial charge on any atom is -0.506 e. The number of carbonyl (C=O) groups excluding carboxylic acids is 2. The highest BCUT2D eigenvalue weighted by atomic mass is 32.2. The van der Waals surface area contributed by atoms with Gasteiger partial charge < -0.3 is 28.8 Å². The molecule has 0 atom stereocenters. The van der Waals surface area contributed by atoms with Gasteiger partial charge in [0.1, 0.15) is 28.7 Å². The Morgan fingerprint density at radius 3 is 2.56 bits per heavy atom. The molecule has 1 fully saturated rings. The Bertz CT molecular complexity index is 1550. The average molecular weight is 576 g/mol. The molecule has 41 heavy (non-hydrogen) atoms.